The number of aldehydes is 1. The van der Waals surface area contributed by atoms with E-state index in [0.29, 0.717) is 22.8 Å². The molecule has 0 aromatic heterocycles. The Hall–Kier alpha value is -3.14. The number of fused-ring (bicyclic) bond motifs is 1. The number of aromatic hydroxyl groups is 1. The predicted octanol–water partition coefficient (Wildman–Crippen LogP) is 3.58. The molecule has 0 heterocycles. The van der Waals surface area contributed by atoms with Gasteiger partial charge < -0.3 is 9.84 Å². The summed E-state index contributed by atoms with van der Waals surface area (Å²) in [5.41, 5.74) is 0.0442. The van der Waals surface area contributed by atoms with E-state index in [0.717, 1.165) is 0 Å². The van der Waals surface area contributed by atoms with Crippen molar-refractivity contribution in [1.82, 2.24) is 0 Å². The molecule has 0 bridgehead atoms. The van der Waals surface area contributed by atoms with Crippen molar-refractivity contribution >= 4 is 23.0 Å². The van der Waals surface area contributed by atoms with Gasteiger partial charge in [0.05, 0.1) is 5.56 Å². The molecule has 0 amide bonds. The molecule has 0 saturated carbocycles. The quantitative estimate of drug-likeness (QED) is 0.455. The van der Waals surface area contributed by atoms with Gasteiger partial charge in [0, 0.05) is 0 Å². The third-order valence-electron chi connectivity index (χ3n) is 3.35. The number of carbonyl (C=O) groups excluding carboxylic acids is 2. The van der Waals surface area contributed by atoms with Crippen LogP contribution in [0.1, 0.15) is 20.7 Å². The SMILES string of the molecule is O=Cc1c(O)c(C(=O)Oc2ccccc2)cc2ccccc12. The summed E-state index contributed by atoms with van der Waals surface area (Å²) in [5.74, 6) is -0.708. The Balaban J connectivity index is 2.08. The van der Waals surface area contributed by atoms with Crippen LogP contribution < -0.4 is 4.74 Å². The lowest BCUT2D eigenvalue weighted by atomic mass is 10.00. The number of phenols is 1. The Labute approximate surface area is 126 Å². The fourth-order valence-corrected chi connectivity index (χ4v) is 2.29. The lowest BCUT2D eigenvalue weighted by Gasteiger charge is -2.10. The molecule has 3 aromatic rings. The molecule has 0 fully saturated rings. The van der Waals surface area contributed by atoms with Gasteiger partial charge in [0.15, 0.2) is 6.29 Å². The monoisotopic (exact) mass is 292 g/mol. The van der Waals surface area contributed by atoms with Gasteiger partial charge in [0.2, 0.25) is 0 Å². The largest absolute Gasteiger partial charge is 0.506 e. The number of carbonyl (C=O) groups is 2. The number of hydrogen-bond donors (Lipinski definition) is 1. The number of hydrogen-bond acceptors (Lipinski definition) is 4. The average molecular weight is 292 g/mol. The van der Waals surface area contributed by atoms with Gasteiger partial charge in [-0.15, -0.1) is 0 Å². The van der Waals surface area contributed by atoms with E-state index in [1.807, 2.05) is 0 Å². The topological polar surface area (TPSA) is 63.6 Å². The second kappa shape index (κ2) is 5.69. The molecule has 0 atom stereocenters. The van der Waals surface area contributed by atoms with Gasteiger partial charge in [-0.05, 0) is 29.0 Å². The predicted molar refractivity (Wildman–Crippen MR) is 82.4 cm³/mol. The molecule has 0 aliphatic carbocycles. The van der Waals surface area contributed by atoms with Crippen LogP contribution in [-0.4, -0.2) is 17.4 Å². The smallest absolute Gasteiger partial charge is 0.347 e. The van der Waals surface area contributed by atoms with Crippen LogP contribution >= 0.6 is 0 Å². The zero-order valence-corrected chi connectivity index (χ0v) is 11.5. The molecule has 3 aromatic carbocycles. The minimum absolute atomic E-state index is 0.0374. The fraction of sp³-hybridized carbons (Fsp3) is 0. The van der Waals surface area contributed by atoms with E-state index in [1.165, 1.54) is 6.07 Å². The summed E-state index contributed by atoms with van der Waals surface area (Å²) in [6, 6.07) is 17.1. The number of esters is 1. The van der Waals surface area contributed by atoms with Crippen LogP contribution in [0.15, 0.2) is 60.7 Å². The Morgan fingerprint density at radius 3 is 2.41 bits per heavy atom. The molecular weight excluding hydrogens is 280 g/mol. The number of benzene rings is 3. The van der Waals surface area contributed by atoms with Gasteiger partial charge in [-0.25, -0.2) is 4.79 Å². The highest BCUT2D eigenvalue weighted by Gasteiger charge is 2.19. The molecule has 108 valence electrons. The van der Waals surface area contributed by atoms with Crippen molar-refractivity contribution in [1.29, 1.82) is 0 Å². The molecule has 4 heteroatoms. The van der Waals surface area contributed by atoms with E-state index in [4.69, 9.17) is 4.74 Å². The van der Waals surface area contributed by atoms with Crippen LogP contribution in [0.25, 0.3) is 10.8 Å². The summed E-state index contributed by atoms with van der Waals surface area (Å²) >= 11 is 0. The maximum absolute atomic E-state index is 12.2. The van der Waals surface area contributed by atoms with Crippen molar-refractivity contribution in [3.8, 4) is 11.5 Å². The van der Waals surface area contributed by atoms with Crippen LogP contribution in [0.5, 0.6) is 11.5 Å². The van der Waals surface area contributed by atoms with Gasteiger partial charge >= 0.3 is 5.97 Å². The molecule has 3 rings (SSSR count). The molecule has 1 N–H and O–H groups in total. The third kappa shape index (κ3) is 2.42. The van der Waals surface area contributed by atoms with E-state index >= 15 is 0 Å². The first-order valence-corrected chi connectivity index (χ1v) is 6.68. The van der Waals surface area contributed by atoms with Crippen LogP contribution in [-0.2, 0) is 0 Å². The summed E-state index contributed by atoms with van der Waals surface area (Å²) in [6.07, 6.45) is 0.539. The Kier molecular flexibility index (Phi) is 3.58. The summed E-state index contributed by atoms with van der Waals surface area (Å²) in [4.78, 5) is 23.5. The molecule has 0 saturated heterocycles. The normalized spacial score (nSPS) is 10.4. The molecule has 0 unspecified atom stereocenters. The molecule has 22 heavy (non-hydrogen) atoms. The van der Waals surface area contributed by atoms with Crippen molar-refractivity contribution in [3.05, 3.63) is 71.8 Å². The molecular formula is C18H12O4. The highest BCUT2D eigenvalue weighted by Crippen LogP contribution is 2.30. The van der Waals surface area contributed by atoms with E-state index in [9.17, 15) is 14.7 Å². The van der Waals surface area contributed by atoms with E-state index in [1.54, 1.807) is 54.6 Å². The van der Waals surface area contributed by atoms with E-state index in [2.05, 4.69) is 0 Å². The zero-order valence-electron chi connectivity index (χ0n) is 11.5. The minimum atomic E-state index is -0.711. The summed E-state index contributed by atoms with van der Waals surface area (Å²) in [6.45, 7) is 0. The molecule has 4 nitrogen and oxygen atoms in total. The lowest BCUT2D eigenvalue weighted by Crippen LogP contribution is -2.09. The second-order valence-corrected chi connectivity index (χ2v) is 4.73. The molecule has 0 aliphatic rings. The van der Waals surface area contributed by atoms with Gasteiger partial charge in [0.25, 0.3) is 0 Å². The van der Waals surface area contributed by atoms with Gasteiger partial charge in [-0.2, -0.15) is 0 Å². The first kappa shape index (κ1) is 13.8. The Bertz CT molecular complexity index is 854. The van der Waals surface area contributed by atoms with Crippen molar-refractivity contribution < 1.29 is 19.4 Å². The zero-order chi connectivity index (χ0) is 15.5. The van der Waals surface area contributed by atoms with Crippen LogP contribution in [0, 0.1) is 0 Å². The Morgan fingerprint density at radius 1 is 1.00 bits per heavy atom. The minimum Gasteiger partial charge on any atom is -0.506 e. The first-order valence-electron chi connectivity index (χ1n) is 6.68. The van der Waals surface area contributed by atoms with E-state index < -0.39 is 5.97 Å². The fourth-order valence-electron chi connectivity index (χ4n) is 2.29. The number of para-hydroxylation sites is 1. The summed E-state index contributed by atoms with van der Waals surface area (Å²) in [5, 5.41) is 11.5. The summed E-state index contributed by atoms with van der Waals surface area (Å²) in [7, 11) is 0. The maximum atomic E-state index is 12.2. The first-order chi connectivity index (χ1) is 10.7. The average Bonchev–Trinajstić information content (AvgIpc) is 2.55. The van der Waals surface area contributed by atoms with Crippen LogP contribution in [0.3, 0.4) is 0 Å². The summed E-state index contributed by atoms with van der Waals surface area (Å²) < 4.78 is 5.21. The van der Waals surface area contributed by atoms with Crippen LogP contribution in [0.4, 0.5) is 0 Å². The maximum Gasteiger partial charge on any atom is 0.347 e. The standard InChI is InChI=1S/C18H12O4/c19-11-16-14-9-5-4-6-12(14)10-15(17(16)20)18(21)22-13-7-2-1-3-8-13/h1-11,20H. The van der Waals surface area contributed by atoms with E-state index in [-0.39, 0.29) is 16.9 Å². The molecule has 0 aliphatic heterocycles. The molecule has 0 radical (unpaired) electrons. The van der Waals surface area contributed by atoms with Gasteiger partial charge in [-0.1, -0.05) is 42.5 Å². The molecule has 0 spiro atoms. The van der Waals surface area contributed by atoms with Crippen molar-refractivity contribution in [3.63, 3.8) is 0 Å². The highest BCUT2D eigenvalue weighted by molar-refractivity contribution is 6.07. The number of rotatable bonds is 3. The number of phenolic OH excluding ortho intramolecular Hbond substituents is 1. The van der Waals surface area contributed by atoms with Crippen molar-refractivity contribution in [2.75, 3.05) is 0 Å². The van der Waals surface area contributed by atoms with Crippen LogP contribution in [0.2, 0.25) is 0 Å². The second-order valence-electron chi connectivity index (χ2n) is 4.73. The lowest BCUT2D eigenvalue weighted by molar-refractivity contribution is 0.0732. The van der Waals surface area contributed by atoms with Gasteiger partial charge in [-0.3, -0.25) is 4.79 Å². The van der Waals surface area contributed by atoms with Crippen molar-refractivity contribution in [2.24, 2.45) is 0 Å². The number of ether oxygens (including phenoxy) is 1. The Morgan fingerprint density at radius 2 is 1.68 bits per heavy atom. The third-order valence-corrected chi connectivity index (χ3v) is 3.35. The highest BCUT2D eigenvalue weighted by atomic mass is 16.5. The van der Waals surface area contributed by atoms with Crippen molar-refractivity contribution in [2.45, 2.75) is 0 Å². The van der Waals surface area contributed by atoms with Gasteiger partial charge in [0.1, 0.15) is 17.1 Å².